The summed E-state index contributed by atoms with van der Waals surface area (Å²) in [6.07, 6.45) is 0. The number of ether oxygens (including phenoxy) is 2. The molecule has 7 heteroatoms. The van der Waals surface area contributed by atoms with Crippen LogP contribution in [-0.2, 0) is 19.1 Å². The quantitative estimate of drug-likeness (QED) is 0.663. The summed E-state index contributed by atoms with van der Waals surface area (Å²) < 4.78 is 9.57. The topological polar surface area (TPSA) is 101 Å². The van der Waals surface area contributed by atoms with E-state index in [-0.39, 0.29) is 13.2 Å². The van der Waals surface area contributed by atoms with E-state index in [9.17, 15) is 9.59 Å². The fraction of sp³-hybridized carbons (Fsp3) is 0.700. The molecule has 0 aliphatic carbocycles. The Balaban J connectivity index is 2.83. The van der Waals surface area contributed by atoms with Crippen molar-refractivity contribution in [3.05, 3.63) is 0 Å². The van der Waals surface area contributed by atoms with Crippen LogP contribution in [0.1, 0.15) is 13.8 Å². The van der Waals surface area contributed by atoms with Gasteiger partial charge < -0.3 is 9.47 Å². The summed E-state index contributed by atoms with van der Waals surface area (Å²) in [5, 5.41) is 16.0. The van der Waals surface area contributed by atoms with Gasteiger partial charge in [0.1, 0.15) is 5.92 Å². The van der Waals surface area contributed by atoms with Gasteiger partial charge >= 0.3 is 11.9 Å². The van der Waals surface area contributed by atoms with Gasteiger partial charge in [-0.15, -0.1) is 0 Å². The van der Waals surface area contributed by atoms with Gasteiger partial charge in [0.05, 0.1) is 19.3 Å². The van der Waals surface area contributed by atoms with Crippen molar-refractivity contribution < 1.29 is 19.1 Å². The Kier molecular flexibility index (Phi) is 4.57. The van der Waals surface area contributed by atoms with E-state index in [0.717, 1.165) is 0 Å². The molecule has 0 aromatic rings. The molecule has 17 heavy (non-hydrogen) atoms. The molecule has 1 aliphatic heterocycles. The first-order valence-corrected chi connectivity index (χ1v) is 5.28. The summed E-state index contributed by atoms with van der Waals surface area (Å²) in [6, 6.07) is -0.242. The lowest BCUT2D eigenvalue weighted by atomic mass is 9.95. The number of rotatable bonds is 4. The molecule has 0 fully saturated rings. The maximum atomic E-state index is 11.6. The minimum Gasteiger partial charge on any atom is -0.466 e. The van der Waals surface area contributed by atoms with Gasteiger partial charge in [-0.2, -0.15) is 15.5 Å². The van der Waals surface area contributed by atoms with Crippen LogP contribution in [-0.4, -0.2) is 37.2 Å². The molecule has 0 amide bonds. The lowest BCUT2D eigenvalue weighted by Gasteiger charge is -2.15. The van der Waals surface area contributed by atoms with Crippen LogP contribution in [0.25, 0.3) is 0 Å². The zero-order chi connectivity index (χ0) is 12.8. The number of nitrogens with zero attached hydrogens (tertiary/aromatic N) is 3. The summed E-state index contributed by atoms with van der Waals surface area (Å²) in [7, 11) is 0. The molecular weight excluding hydrogens is 226 g/mol. The first kappa shape index (κ1) is 13.1. The van der Waals surface area contributed by atoms with E-state index in [4.69, 9.17) is 14.7 Å². The van der Waals surface area contributed by atoms with Crippen molar-refractivity contribution in [2.45, 2.75) is 25.9 Å². The average molecular weight is 239 g/mol. The number of hydrogen-bond acceptors (Lipinski definition) is 7. The zero-order valence-electron chi connectivity index (χ0n) is 9.62. The van der Waals surface area contributed by atoms with Crippen molar-refractivity contribution in [1.82, 2.24) is 0 Å². The van der Waals surface area contributed by atoms with E-state index < -0.39 is 29.9 Å². The predicted octanol–water partition coefficient (Wildman–Crippen LogP) is 0.455. The van der Waals surface area contributed by atoms with E-state index >= 15 is 0 Å². The van der Waals surface area contributed by atoms with E-state index in [1.165, 1.54) is 0 Å². The number of carbonyl (C=O) groups excluding carboxylic acids is 2. The van der Waals surface area contributed by atoms with Crippen molar-refractivity contribution in [2.75, 3.05) is 13.2 Å². The van der Waals surface area contributed by atoms with Crippen molar-refractivity contribution >= 4 is 11.9 Å². The van der Waals surface area contributed by atoms with Crippen LogP contribution in [0, 0.1) is 17.2 Å². The predicted molar refractivity (Wildman–Crippen MR) is 54.8 cm³/mol. The van der Waals surface area contributed by atoms with Crippen LogP contribution >= 0.6 is 0 Å². The number of hydrogen-bond donors (Lipinski definition) is 0. The molecule has 0 spiro atoms. The van der Waals surface area contributed by atoms with E-state index in [1.54, 1.807) is 13.8 Å². The van der Waals surface area contributed by atoms with Crippen LogP contribution in [0.5, 0.6) is 0 Å². The Morgan fingerprint density at radius 2 is 1.76 bits per heavy atom. The fourth-order valence-electron chi connectivity index (χ4n) is 1.48. The van der Waals surface area contributed by atoms with Gasteiger partial charge in [-0.1, -0.05) is 0 Å². The maximum absolute atomic E-state index is 11.6. The molecule has 1 heterocycles. The molecule has 0 aromatic carbocycles. The average Bonchev–Trinajstić information content (AvgIpc) is 2.73. The summed E-state index contributed by atoms with van der Waals surface area (Å²) in [5.74, 6) is -2.31. The van der Waals surface area contributed by atoms with Gasteiger partial charge in [0.25, 0.3) is 0 Å². The first-order chi connectivity index (χ1) is 8.15. The van der Waals surface area contributed by atoms with Crippen molar-refractivity contribution in [3.63, 3.8) is 0 Å². The first-order valence-electron chi connectivity index (χ1n) is 5.28. The Bertz CT molecular complexity index is 374. The second-order valence-corrected chi connectivity index (χ2v) is 3.28. The third kappa shape index (κ3) is 2.78. The van der Waals surface area contributed by atoms with Gasteiger partial charge in [-0.25, -0.2) is 4.79 Å². The van der Waals surface area contributed by atoms with E-state index in [0.29, 0.717) is 0 Å². The number of nitriles is 1. The van der Waals surface area contributed by atoms with Crippen LogP contribution in [0.15, 0.2) is 10.2 Å². The van der Waals surface area contributed by atoms with Gasteiger partial charge in [-0.05, 0) is 13.8 Å². The Morgan fingerprint density at radius 1 is 1.18 bits per heavy atom. The highest BCUT2D eigenvalue weighted by Gasteiger charge is 2.46. The monoisotopic (exact) mass is 239 g/mol. The molecule has 7 nitrogen and oxygen atoms in total. The summed E-state index contributed by atoms with van der Waals surface area (Å²) in [5.41, 5.74) is 0. The van der Waals surface area contributed by atoms with Crippen LogP contribution in [0.2, 0.25) is 0 Å². The third-order valence-corrected chi connectivity index (χ3v) is 2.21. The standard InChI is InChI=1S/C10H13N3O4/c1-3-16-9(14)7-6(5-11)12-13-8(7)10(15)17-4-2/h6-8H,3-4H2,1-2H3. The smallest absolute Gasteiger partial charge is 0.333 e. The molecule has 3 atom stereocenters. The Labute approximate surface area is 98.4 Å². The minimum absolute atomic E-state index is 0.170. The summed E-state index contributed by atoms with van der Waals surface area (Å²) in [4.78, 5) is 23.2. The van der Waals surface area contributed by atoms with Gasteiger partial charge in [0, 0.05) is 0 Å². The zero-order valence-corrected chi connectivity index (χ0v) is 9.62. The van der Waals surface area contributed by atoms with Crippen molar-refractivity contribution in [1.29, 1.82) is 5.26 Å². The van der Waals surface area contributed by atoms with E-state index in [1.807, 2.05) is 6.07 Å². The minimum atomic E-state index is -1.07. The van der Waals surface area contributed by atoms with Gasteiger partial charge in [-0.3, -0.25) is 4.79 Å². The van der Waals surface area contributed by atoms with Crippen LogP contribution in [0.4, 0.5) is 0 Å². The highest BCUT2D eigenvalue weighted by molar-refractivity contribution is 5.86. The van der Waals surface area contributed by atoms with Crippen molar-refractivity contribution in [3.8, 4) is 6.07 Å². The molecule has 0 N–H and O–H groups in total. The second-order valence-electron chi connectivity index (χ2n) is 3.28. The molecule has 0 saturated carbocycles. The number of carbonyl (C=O) groups is 2. The molecule has 1 rings (SSSR count). The largest absolute Gasteiger partial charge is 0.466 e. The van der Waals surface area contributed by atoms with Crippen molar-refractivity contribution in [2.24, 2.45) is 16.1 Å². The highest BCUT2D eigenvalue weighted by atomic mass is 16.5. The summed E-state index contributed by atoms with van der Waals surface area (Å²) >= 11 is 0. The molecule has 1 aliphatic rings. The lowest BCUT2D eigenvalue weighted by molar-refractivity contribution is -0.155. The number of esters is 2. The van der Waals surface area contributed by atoms with E-state index in [2.05, 4.69) is 10.2 Å². The fourth-order valence-corrected chi connectivity index (χ4v) is 1.48. The van der Waals surface area contributed by atoms with Gasteiger partial charge in [0.2, 0.25) is 0 Å². The molecule has 92 valence electrons. The van der Waals surface area contributed by atoms with Crippen LogP contribution < -0.4 is 0 Å². The third-order valence-electron chi connectivity index (χ3n) is 2.21. The van der Waals surface area contributed by atoms with Gasteiger partial charge in [0.15, 0.2) is 12.1 Å². The molecule has 0 radical (unpaired) electrons. The normalized spacial score (nSPS) is 26.3. The molecule has 0 bridgehead atoms. The summed E-state index contributed by atoms with van der Waals surface area (Å²) in [6.45, 7) is 3.63. The Morgan fingerprint density at radius 3 is 2.29 bits per heavy atom. The maximum Gasteiger partial charge on any atom is 0.333 e. The SMILES string of the molecule is CCOC(=O)C1N=NC(C#N)C1C(=O)OCC. The van der Waals surface area contributed by atoms with Crippen LogP contribution in [0.3, 0.4) is 0 Å². The molecular formula is C10H13N3O4. The number of azo groups is 1. The highest BCUT2D eigenvalue weighted by Crippen LogP contribution is 2.25. The molecule has 0 saturated heterocycles. The lowest BCUT2D eigenvalue weighted by Crippen LogP contribution is -2.38. The molecule has 0 aromatic heterocycles. The second kappa shape index (κ2) is 5.94. The Hall–Kier alpha value is -1.97. The molecule has 3 unspecified atom stereocenters.